The van der Waals surface area contributed by atoms with Crippen LogP contribution in [0.15, 0.2) is 23.6 Å². The van der Waals surface area contributed by atoms with Gasteiger partial charge in [0, 0.05) is 4.70 Å². The van der Waals surface area contributed by atoms with Gasteiger partial charge in [-0.25, -0.2) is 0 Å². The van der Waals surface area contributed by atoms with Crippen LogP contribution in [0, 0.1) is 17.0 Å². The maximum Gasteiger partial charge on any atom is 0.287 e. The lowest BCUT2D eigenvalue weighted by Gasteiger charge is -1.92. The van der Waals surface area contributed by atoms with E-state index in [9.17, 15) is 10.1 Å². The molecule has 1 heterocycles. The van der Waals surface area contributed by atoms with Gasteiger partial charge in [0.05, 0.1) is 15.7 Å². The molecule has 0 saturated carbocycles. The molecule has 1 aromatic carbocycles. The van der Waals surface area contributed by atoms with Crippen LogP contribution in [0.2, 0.25) is 0 Å². The molecule has 0 spiro atoms. The van der Waals surface area contributed by atoms with E-state index in [4.69, 9.17) is 0 Å². The van der Waals surface area contributed by atoms with Crippen LogP contribution in [0.3, 0.4) is 0 Å². The first-order chi connectivity index (χ1) is 6.20. The maximum atomic E-state index is 10.6. The van der Waals surface area contributed by atoms with E-state index in [-0.39, 0.29) is 10.6 Å². The molecule has 0 aliphatic carbocycles. The number of fused-ring (bicyclic) bond motifs is 1. The van der Waals surface area contributed by atoms with E-state index in [1.165, 1.54) is 11.3 Å². The van der Waals surface area contributed by atoms with Crippen LogP contribution in [0.5, 0.6) is 0 Å². The molecule has 0 radical (unpaired) electrons. The van der Waals surface area contributed by atoms with Crippen molar-refractivity contribution in [2.45, 2.75) is 6.92 Å². The van der Waals surface area contributed by atoms with Crippen molar-refractivity contribution >= 4 is 27.1 Å². The average molecular weight is 193 g/mol. The number of hydrogen-bond donors (Lipinski definition) is 0. The quantitative estimate of drug-likeness (QED) is 0.516. The van der Waals surface area contributed by atoms with Crippen LogP contribution in [0.25, 0.3) is 10.1 Å². The number of thiophene rings is 1. The number of benzene rings is 1. The van der Waals surface area contributed by atoms with Crippen LogP contribution in [0.1, 0.15) is 5.56 Å². The van der Waals surface area contributed by atoms with Crippen molar-refractivity contribution < 1.29 is 4.92 Å². The van der Waals surface area contributed by atoms with E-state index in [0.29, 0.717) is 0 Å². The van der Waals surface area contributed by atoms with Gasteiger partial charge in [0.25, 0.3) is 5.69 Å². The average Bonchev–Trinajstić information content (AvgIpc) is 2.48. The Kier molecular flexibility index (Phi) is 1.77. The van der Waals surface area contributed by atoms with Gasteiger partial charge in [0.1, 0.15) is 0 Å². The van der Waals surface area contributed by atoms with Crippen LogP contribution in [0.4, 0.5) is 5.69 Å². The second kappa shape index (κ2) is 2.81. The topological polar surface area (TPSA) is 43.1 Å². The monoisotopic (exact) mass is 193 g/mol. The second-order valence-corrected chi connectivity index (χ2v) is 3.71. The molecule has 0 N–H and O–H groups in total. The third-order valence-electron chi connectivity index (χ3n) is 1.97. The van der Waals surface area contributed by atoms with Crippen molar-refractivity contribution in [3.05, 3.63) is 39.3 Å². The zero-order chi connectivity index (χ0) is 9.42. The molecular formula is C9H7NO2S. The van der Waals surface area contributed by atoms with Crippen molar-refractivity contribution in [1.82, 2.24) is 0 Å². The maximum absolute atomic E-state index is 10.6. The summed E-state index contributed by atoms with van der Waals surface area (Å²) in [6.07, 6.45) is 0. The molecule has 0 aliphatic heterocycles. The molecule has 1 aromatic heterocycles. The molecule has 0 amide bonds. The highest BCUT2D eigenvalue weighted by Crippen LogP contribution is 2.33. The summed E-state index contributed by atoms with van der Waals surface area (Å²) < 4.78 is 1.01. The predicted molar refractivity (Wildman–Crippen MR) is 53.2 cm³/mol. The van der Waals surface area contributed by atoms with Gasteiger partial charge in [-0.2, -0.15) is 0 Å². The Morgan fingerprint density at radius 1 is 1.46 bits per heavy atom. The summed E-state index contributed by atoms with van der Waals surface area (Å²) in [7, 11) is 0. The Balaban J connectivity index is 2.83. The van der Waals surface area contributed by atoms with E-state index < -0.39 is 0 Å². The highest BCUT2D eigenvalue weighted by Gasteiger charge is 2.14. The Hall–Kier alpha value is -1.42. The van der Waals surface area contributed by atoms with Crippen molar-refractivity contribution in [2.75, 3.05) is 0 Å². The first kappa shape index (κ1) is 8.19. The lowest BCUT2D eigenvalue weighted by molar-refractivity contribution is -0.382. The molecule has 0 aliphatic rings. The molecule has 2 aromatic rings. The van der Waals surface area contributed by atoms with Crippen LogP contribution in [-0.2, 0) is 0 Å². The Morgan fingerprint density at radius 3 is 2.92 bits per heavy atom. The highest BCUT2D eigenvalue weighted by molar-refractivity contribution is 7.18. The van der Waals surface area contributed by atoms with Gasteiger partial charge in [0.2, 0.25) is 0 Å². The van der Waals surface area contributed by atoms with Crippen molar-refractivity contribution in [2.24, 2.45) is 0 Å². The van der Waals surface area contributed by atoms with E-state index in [1.54, 1.807) is 11.4 Å². The lowest BCUT2D eigenvalue weighted by atomic mass is 10.2. The SMILES string of the molecule is Cc1cccc2c([N+](=O)[O-])csc12. The molecule has 0 unspecified atom stereocenters. The summed E-state index contributed by atoms with van der Waals surface area (Å²) in [5.41, 5.74) is 1.30. The van der Waals surface area contributed by atoms with Crippen LogP contribution < -0.4 is 0 Å². The standard InChI is InChI=1S/C9H7NO2S/c1-6-3-2-4-7-8(10(11)12)5-13-9(6)7/h2-5H,1H3. The molecule has 4 heteroatoms. The summed E-state index contributed by atoms with van der Waals surface area (Å²) in [5.74, 6) is 0. The summed E-state index contributed by atoms with van der Waals surface area (Å²) in [4.78, 5) is 10.3. The first-order valence-corrected chi connectivity index (χ1v) is 4.69. The highest BCUT2D eigenvalue weighted by atomic mass is 32.1. The largest absolute Gasteiger partial charge is 0.287 e. The van der Waals surface area contributed by atoms with Crippen molar-refractivity contribution in [3.8, 4) is 0 Å². The third kappa shape index (κ3) is 1.19. The summed E-state index contributed by atoms with van der Waals surface area (Å²) >= 11 is 1.43. The molecule has 13 heavy (non-hydrogen) atoms. The fraction of sp³-hybridized carbons (Fsp3) is 0.111. The van der Waals surface area contributed by atoms with Crippen molar-refractivity contribution in [3.63, 3.8) is 0 Å². The zero-order valence-corrected chi connectivity index (χ0v) is 7.80. The number of rotatable bonds is 1. The Labute approximate surface area is 78.8 Å². The number of nitrogens with zero attached hydrogens (tertiary/aromatic N) is 1. The Bertz CT molecular complexity index is 475. The minimum atomic E-state index is -0.335. The number of nitro groups is 1. The second-order valence-electron chi connectivity index (χ2n) is 2.83. The summed E-state index contributed by atoms with van der Waals surface area (Å²) in [6, 6.07) is 5.59. The molecule has 3 nitrogen and oxygen atoms in total. The summed E-state index contributed by atoms with van der Waals surface area (Å²) in [6.45, 7) is 1.96. The minimum absolute atomic E-state index is 0.212. The molecule has 66 valence electrons. The van der Waals surface area contributed by atoms with E-state index >= 15 is 0 Å². The van der Waals surface area contributed by atoms with Gasteiger partial charge in [-0.1, -0.05) is 12.1 Å². The normalized spacial score (nSPS) is 10.5. The Morgan fingerprint density at radius 2 is 2.23 bits per heavy atom. The van der Waals surface area contributed by atoms with Gasteiger partial charge in [-0.3, -0.25) is 10.1 Å². The van der Waals surface area contributed by atoms with Crippen LogP contribution in [-0.4, -0.2) is 4.92 Å². The van der Waals surface area contributed by atoms with Gasteiger partial charge in [-0.15, -0.1) is 11.3 Å². The molecule has 0 atom stereocenters. The van der Waals surface area contributed by atoms with Gasteiger partial charge in [0.15, 0.2) is 0 Å². The smallest absolute Gasteiger partial charge is 0.258 e. The number of hydrogen-bond acceptors (Lipinski definition) is 3. The zero-order valence-electron chi connectivity index (χ0n) is 6.98. The van der Waals surface area contributed by atoms with E-state index in [0.717, 1.165) is 15.6 Å². The fourth-order valence-electron chi connectivity index (χ4n) is 1.33. The van der Waals surface area contributed by atoms with Crippen molar-refractivity contribution in [1.29, 1.82) is 0 Å². The fourth-order valence-corrected chi connectivity index (χ4v) is 2.33. The molecule has 0 bridgehead atoms. The number of aryl methyl sites for hydroxylation is 1. The minimum Gasteiger partial charge on any atom is -0.258 e. The molecular weight excluding hydrogens is 186 g/mol. The lowest BCUT2D eigenvalue weighted by Crippen LogP contribution is -1.84. The molecule has 0 fully saturated rings. The first-order valence-electron chi connectivity index (χ1n) is 3.81. The molecule has 2 rings (SSSR count). The predicted octanol–water partition coefficient (Wildman–Crippen LogP) is 3.12. The summed E-state index contributed by atoms with van der Waals surface area (Å²) in [5, 5.41) is 12.9. The molecule has 0 saturated heterocycles. The van der Waals surface area contributed by atoms with Gasteiger partial charge >= 0.3 is 0 Å². The van der Waals surface area contributed by atoms with E-state index in [1.807, 2.05) is 19.1 Å². The van der Waals surface area contributed by atoms with Gasteiger partial charge in [-0.05, 0) is 18.6 Å². The third-order valence-corrected chi connectivity index (χ3v) is 3.09. The van der Waals surface area contributed by atoms with E-state index in [2.05, 4.69) is 0 Å². The van der Waals surface area contributed by atoms with Crippen LogP contribution >= 0.6 is 11.3 Å². The van der Waals surface area contributed by atoms with Gasteiger partial charge < -0.3 is 0 Å².